The van der Waals surface area contributed by atoms with Crippen LogP contribution in [-0.4, -0.2) is 56.4 Å². The van der Waals surface area contributed by atoms with Crippen molar-refractivity contribution in [3.8, 4) is 0 Å². The molecule has 0 aromatic heterocycles. The molecule has 10 heteroatoms. The lowest BCUT2D eigenvalue weighted by Gasteiger charge is -2.26. The molecule has 1 aliphatic rings. The van der Waals surface area contributed by atoms with E-state index in [1.54, 1.807) is 42.5 Å². The van der Waals surface area contributed by atoms with Crippen molar-refractivity contribution in [3.05, 3.63) is 75.8 Å². The number of hydrogen-bond donors (Lipinski definition) is 1. The molecule has 0 spiro atoms. The second kappa shape index (κ2) is 10.3. The highest BCUT2D eigenvalue weighted by Gasteiger charge is 2.25. The number of rotatable bonds is 8. The number of nitrogens with one attached hydrogen (secondary N) is 1. The first kappa shape index (κ1) is 22.6. The van der Waals surface area contributed by atoms with Gasteiger partial charge in [0.05, 0.1) is 23.0 Å². The molecule has 9 nitrogen and oxygen atoms in total. The van der Waals surface area contributed by atoms with Crippen molar-refractivity contribution in [2.75, 3.05) is 32.8 Å². The fraction of sp³-hybridized carbons (Fsp3) is 0.286. The number of non-ortho nitro benzene ring substituents is 1. The van der Waals surface area contributed by atoms with Crippen LogP contribution in [0.15, 0.2) is 59.5 Å². The zero-order chi connectivity index (χ0) is 22.3. The summed E-state index contributed by atoms with van der Waals surface area (Å²) >= 11 is 0. The molecular formula is C21H23N3O6S. The highest BCUT2D eigenvalue weighted by atomic mass is 32.2. The smallest absolute Gasteiger partial charge is 0.269 e. The van der Waals surface area contributed by atoms with E-state index in [9.17, 15) is 23.3 Å². The van der Waals surface area contributed by atoms with E-state index in [1.165, 1.54) is 22.5 Å². The number of ether oxygens (including phenoxy) is 1. The molecule has 3 rings (SSSR count). The quantitative estimate of drug-likeness (QED) is 0.377. The predicted octanol–water partition coefficient (Wildman–Crippen LogP) is 1.99. The molecule has 2 aromatic carbocycles. The second-order valence-corrected chi connectivity index (χ2v) is 8.82. The third-order valence-corrected chi connectivity index (χ3v) is 6.69. The Labute approximate surface area is 180 Å². The Morgan fingerprint density at radius 1 is 1.10 bits per heavy atom. The van der Waals surface area contributed by atoms with Gasteiger partial charge in [-0.15, -0.1) is 0 Å². The van der Waals surface area contributed by atoms with Crippen molar-refractivity contribution >= 4 is 27.7 Å². The first-order valence-electron chi connectivity index (χ1n) is 9.73. The summed E-state index contributed by atoms with van der Waals surface area (Å²) in [5.41, 5.74) is 1.57. The predicted molar refractivity (Wildman–Crippen MR) is 115 cm³/mol. The molecule has 0 unspecified atom stereocenters. The van der Waals surface area contributed by atoms with Gasteiger partial charge in [-0.25, -0.2) is 8.42 Å². The van der Waals surface area contributed by atoms with E-state index >= 15 is 0 Å². The number of nitrogens with zero attached hydrogens (tertiary/aromatic N) is 2. The van der Waals surface area contributed by atoms with Crippen LogP contribution in [0.2, 0.25) is 0 Å². The average molecular weight is 445 g/mol. The highest BCUT2D eigenvalue weighted by Crippen LogP contribution is 2.18. The zero-order valence-corrected chi connectivity index (χ0v) is 17.6. The largest absolute Gasteiger partial charge is 0.379 e. The van der Waals surface area contributed by atoms with Gasteiger partial charge < -0.3 is 10.1 Å². The number of benzene rings is 2. The number of carbonyl (C=O) groups excluding carboxylic acids is 1. The van der Waals surface area contributed by atoms with Gasteiger partial charge in [0.2, 0.25) is 15.9 Å². The summed E-state index contributed by atoms with van der Waals surface area (Å²) < 4.78 is 31.8. The van der Waals surface area contributed by atoms with E-state index in [0.717, 1.165) is 5.56 Å². The van der Waals surface area contributed by atoms with Crippen molar-refractivity contribution in [3.63, 3.8) is 0 Å². The van der Waals surface area contributed by atoms with Crippen LogP contribution in [0.3, 0.4) is 0 Å². The van der Waals surface area contributed by atoms with Crippen molar-refractivity contribution in [1.82, 2.24) is 9.62 Å². The summed E-state index contributed by atoms with van der Waals surface area (Å²) in [6, 6.07) is 12.5. The molecule has 1 heterocycles. The maximum atomic E-state index is 12.6. The van der Waals surface area contributed by atoms with Gasteiger partial charge in [-0.2, -0.15) is 4.31 Å². The van der Waals surface area contributed by atoms with Crippen LogP contribution in [0, 0.1) is 10.1 Å². The standard InChI is InChI=1S/C21H23N3O6S/c25-21(10-5-17-1-6-19(7-2-17)24(26)27)22-12-11-18-3-8-20(9-4-18)31(28,29)23-13-15-30-16-14-23/h1-10H,11-16H2,(H,22,25)/b10-5+. The summed E-state index contributed by atoms with van der Waals surface area (Å²) in [4.78, 5) is 22.3. The number of nitro benzene ring substituents is 1. The summed E-state index contributed by atoms with van der Waals surface area (Å²) in [5.74, 6) is -0.287. The van der Waals surface area contributed by atoms with E-state index in [4.69, 9.17) is 4.74 Å². The van der Waals surface area contributed by atoms with Gasteiger partial charge >= 0.3 is 0 Å². The Morgan fingerprint density at radius 3 is 2.35 bits per heavy atom. The first-order valence-corrected chi connectivity index (χ1v) is 11.2. The minimum absolute atomic E-state index is 0.00892. The molecule has 164 valence electrons. The number of morpholine rings is 1. The minimum atomic E-state index is -3.52. The zero-order valence-electron chi connectivity index (χ0n) is 16.8. The van der Waals surface area contributed by atoms with E-state index in [-0.39, 0.29) is 16.5 Å². The lowest BCUT2D eigenvalue weighted by molar-refractivity contribution is -0.384. The van der Waals surface area contributed by atoms with Gasteiger partial charge in [0.1, 0.15) is 0 Å². The second-order valence-electron chi connectivity index (χ2n) is 6.88. The number of carbonyl (C=O) groups is 1. The van der Waals surface area contributed by atoms with Crippen LogP contribution >= 0.6 is 0 Å². The van der Waals surface area contributed by atoms with Crippen LogP contribution in [0.1, 0.15) is 11.1 Å². The van der Waals surface area contributed by atoms with E-state index in [0.29, 0.717) is 44.8 Å². The van der Waals surface area contributed by atoms with Crippen molar-refractivity contribution in [2.24, 2.45) is 0 Å². The van der Waals surface area contributed by atoms with Crippen molar-refractivity contribution < 1.29 is 22.9 Å². The molecule has 2 aromatic rings. The molecule has 1 amide bonds. The number of sulfonamides is 1. The Hall–Kier alpha value is -3.08. The first-order chi connectivity index (χ1) is 14.9. The molecule has 0 aliphatic carbocycles. The topological polar surface area (TPSA) is 119 Å². The molecular weight excluding hydrogens is 422 g/mol. The van der Waals surface area contributed by atoms with Gasteiger partial charge in [-0.05, 0) is 47.9 Å². The molecule has 31 heavy (non-hydrogen) atoms. The SMILES string of the molecule is O=C(/C=C/c1ccc([N+](=O)[O-])cc1)NCCc1ccc(S(=O)(=O)N2CCOCC2)cc1. The third kappa shape index (κ3) is 6.20. The van der Waals surface area contributed by atoms with E-state index in [2.05, 4.69) is 5.32 Å². The number of nitro groups is 1. The molecule has 0 bridgehead atoms. The number of amides is 1. The third-order valence-electron chi connectivity index (χ3n) is 4.78. The van der Waals surface area contributed by atoms with E-state index < -0.39 is 14.9 Å². The Kier molecular flexibility index (Phi) is 7.50. The summed E-state index contributed by atoms with van der Waals surface area (Å²) in [6.07, 6.45) is 3.48. The molecule has 1 aliphatic heterocycles. The van der Waals surface area contributed by atoms with Crippen molar-refractivity contribution in [2.45, 2.75) is 11.3 Å². The lowest BCUT2D eigenvalue weighted by Crippen LogP contribution is -2.40. The Bertz CT molecular complexity index is 1040. The lowest BCUT2D eigenvalue weighted by atomic mass is 10.1. The molecule has 1 fully saturated rings. The molecule has 0 radical (unpaired) electrons. The molecule has 1 N–H and O–H groups in total. The van der Waals surface area contributed by atoms with Gasteiger partial charge in [0.15, 0.2) is 0 Å². The molecule has 0 saturated carbocycles. The van der Waals surface area contributed by atoms with Gasteiger partial charge in [-0.1, -0.05) is 12.1 Å². The van der Waals surface area contributed by atoms with Crippen LogP contribution in [0.5, 0.6) is 0 Å². The van der Waals surface area contributed by atoms with Crippen molar-refractivity contribution in [1.29, 1.82) is 0 Å². The van der Waals surface area contributed by atoms with Gasteiger partial charge in [0, 0.05) is 37.8 Å². The molecule has 0 atom stereocenters. The normalized spacial score (nSPS) is 15.1. The number of hydrogen-bond acceptors (Lipinski definition) is 6. The summed E-state index contributed by atoms with van der Waals surface area (Å²) in [6.45, 7) is 1.89. The van der Waals surface area contributed by atoms with Crippen LogP contribution in [-0.2, 0) is 26.0 Å². The highest BCUT2D eigenvalue weighted by molar-refractivity contribution is 7.89. The van der Waals surface area contributed by atoms with Gasteiger partial charge in [-0.3, -0.25) is 14.9 Å². The monoisotopic (exact) mass is 445 g/mol. The minimum Gasteiger partial charge on any atom is -0.379 e. The van der Waals surface area contributed by atoms with Crippen LogP contribution in [0.4, 0.5) is 5.69 Å². The maximum absolute atomic E-state index is 12.6. The molecule has 1 saturated heterocycles. The Morgan fingerprint density at radius 2 is 1.74 bits per heavy atom. The Balaban J connectivity index is 1.47. The fourth-order valence-electron chi connectivity index (χ4n) is 3.03. The van der Waals surface area contributed by atoms with Crippen LogP contribution < -0.4 is 5.32 Å². The summed E-state index contributed by atoms with van der Waals surface area (Å²) in [7, 11) is -3.52. The maximum Gasteiger partial charge on any atom is 0.269 e. The summed E-state index contributed by atoms with van der Waals surface area (Å²) in [5, 5.41) is 13.4. The van der Waals surface area contributed by atoms with Gasteiger partial charge in [0.25, 0.3) is 5.69 Å². The van der Waals surface area contributed by atoms with Crippen LogP contribution in [0.25, 0.3) is 6.08 Å². The van der Waals surface area contributed by atoms with E-state index in [1.807, 2.05) is 0 Å². The average Bonchev–Trinajstić information content (AvgIpc) is 2.79. The fourth-order valence-corrected chi connectivity index (χ4v) is 4.44.